The smallest absolute Gasteiger partial charge is 0.0180 e. The summed E-state index contributed by atoms with van der Waals surface area (Å²) >= 11 is 0. The first-order valence-electron chi connectivity index (χ1n) is 10.1. The molecule has 0 aromatic heterocycles. The molecule has 0 aromatic rings. The molecule has 4 fully saturated rings. The minimum atomic E-state index is 0.308. The summed E-state index contributed by atoms with van der Waals surface area (Å²) in [6, 6.07) is 1.61. The third kappa shape index (κ3) is 2.68. The lowest BCUT2D eigenvalue weighted by Crippen LogP contribution is -2.51. The summed E-state index contributed by atoms with van der Waals surface area (Å²) in [7, 11) is 0. The van der Waals surface area contributed by atoms with Crippen LogP contribution in [0, 0.1) is 22.7 Å². The SMILES string of the molecule is CC(C)(C)C1C[C@]2(CN3C[C@H]4CCC[C@H]4C3)C[C@@H]2N1C(C)(C)C. The molecule has 0 amide bonds. The maximum atomic E-state index is 2.91. The van der Waals surface area contributed by atoms with Gasteiger partial charge in [0.1, 0.15) is 0 Å². The zero-order valence-corrected chi connectivity index (χ0v) is 16.4. The number of likely N-dealkylation sites (tertiary alicyclic amines) is 2. The molecule has 0 aromatic carbocycles. The number of nitrogens with zero attached hydrogens (tertiary/aromatic N) is 2. The van der Waals surface area contributed by atoms with Gasteiger partial charge in [0.15, 0.2) is 0 Å². The molecule has 1 unspecified atom stereocenters. The lowest BCUT2D eigenvalue weighted by atomic mass is 9.80. The second kappa shape index (κ2) is 4.97. The average Bonchev–Trinajstić information content (AvgIpc) is 2.76. The van der Waals surface area contributed by atoms with Crippen LogP contribution >= 0.6 is 0 Å². The van der Waals surface area contributed by atoms with Crippen LogP contribution in [0.3, 0.4) is 0 Å². The Kier molecular flexibility index (Phi) is 3.54. The van der Waals surface area contributed by atoms with Crippen LogP contribution in [-0.2, 0) is 0 Å². The summed E-state index contributed by atoms with van der Waals surface area (Å²) in [6.07, 6.45) is 7.42. The number of fused-ring (bicyclic) bond motifs is 2. The molecule has 2 nitrogen and oxygen atoms in total. The van der Waals surface area contributed by atoms with Crippen molar-refractivity contribution in [3.05, 3.63) is 0 Å². The minimum Gasteiger partial charge on any atom is -0.302 e. The van der Waals surface area contributed by atoms with E-state index in [1.165, 1.54) is 51.7 Å². The highest BCUT2D eigenvalue weighted by Crippen LogP contribution is 2.64. The molecule has 2 aliphatic carbocycles. The van der Waals surface area contributed by atoms with Crippen molar-refractivity contribution in [2.45, 2.75) is 91.3 Å². The average molecular weight is 319 g/mol. The summed E-state index contributed by atoms with van der Waals surface area (Å²) in [5.74, 6) is 2.09. The second-order valence-corrected chi connectivity index (χ2v) is 11.4. The van der Waals surface area contributed by atoms with Gasteiger partial charge in [-0.1, -0.05) is 27.2 Å². The Hall–Kier alpha value is -0.0800. The monoisotopic (exact) mass is 318 g/mol. The van der Waals surface area contributed by atoms with Crippen LogP contribution in [0.5, 0.6) is 0 Å². The normalized spacial score (nSPS) is 44.6. The molecule has 0 spiro atoms. The molecule has 0 bridgehead atoms. The molecule has 4 aliphatic rings. The summed E-state index contributed by atoms with van der Waals surface area (Å²) in [5, 5.41) is 0. The van der Waals surface area contributed by atoms with Gasteiger partial charge in [0.05, 0.1) is 0 Å². The van der Waals surface area contributed by atoms with Crippen LogP contribution in [0.15, 0.2) is 0 Å². The Morgan fingerprint density at radius 2 is 1.52 bits per heavy atom. The van der Waals surface area contributed by atoms with E-state index in [2.05, 4.69) is 51.3 Å². The number of piperidine rings is 1. The van der Waals surface area contributed by atoms with Gasteiger partial charge in [0.25, 0.3) is 0 Å². The topological polar surface area (TPSA) is 6.48 Å². The molecule has 5 atom stereocenters. The second-order valence-electron chi connectivity index (χ2n) is 11.4. The standard InChI is InChI=1S/C21H38N2/c1-19(2,3)17-10-21(11-18(21)23(17)20(4,5)6)14-22-12-15-8-7-9-16(15)13-22/h15-18H,7-14H2,1-6H3/t15-,16+,17?,18-,21+/m0/s1. The Morgan fingerprint density at radius 3 is 2.00 bits per heavy atom. The quantitative estimate of drug-likeness (QED) is 0.745. The van der Waals surface area contributed by atoms with Gasteiger partial charge in [0, 0.05) is 42.7 Å². The van der Waals surface area contributed by atoms with Crippen molar-refractivity contribution in [2.75, 3.05) is 19.6 Å². The van der Waals surface area contributed by atoms with E-state index in [1.807, 2.05) is 0 Å². The van der Waals surface area contributed by atoms with Gasteiger partial charge in [-0.05, 0) is 63.7 Å². The Labute approximate surface area is 144 Å². The molecule has 23 heavy (non-hydrogen) atoms. The zero-order valence-electron chi connectivity index (χ0n) is 16.4. The van der Waals surface area contributed by atoms with Crippen LogP contribution < -0.4 is 0 Å². The van der Waals surface area contributed by atoms with Crippen molar-refractivity contribution in [2.24, 2.45) is 22.7 Å². The zero-order chi connectivity index (χ0) is 16.6. The first kappa shape index (κ1) is 16.4. The first-order valence-corrected chi connectivity index (χ1v) is 10.1. The van der Waals surface area contributed by atoms with Gasteiger partial charge in [-0.2, -0.15) is 0 Å². The lowest BCUT2D eigenvalue weighted by molar-refractivity contribution is 0.0362. The molecule has 2 heteroatoms. The van der Waals surface area contributed by atoms with Crippen LogP contribution in [0.25, 0.3) is 0 Å². The molecular weight excluding hydrogens is 280 g/mol. The highest BCUT2D eigenvalue weighted by Gasteiger charge is 2.68. The fourth-order valence-electron chi connectivity index (χ4n) is 6.44. The molecule has 0 radical (unpaired) electrons. The molecule has 2 aliphatic heterocycles. The fourth-order valence-corrected chi connectivity index (χ4v) is 6.44. The van der Waals surface area contributed by atoms with E-state index in [1.54, 1.807) is 0 Å². The van der Waals surface area contributed by atoms with Crippen LogP contribution in [0.4, 0.5) is 0 Å². The van der Waals surface area contributed by atoms with Gasteiger partial charge >= 0.3 is 0 Å². The van der Waals surface area contributed by atoms with E-state index < -0.39 is 0 Å². The Morgan fingerprint density at radius 1 is 0.913 bits per heavy atom. The summed E-state index contributed by atoms with van der Waals surface area (Å²) < 4.78 is 0. The molecule has 132 valence electrons. The van der Waals surface area contributed by atoms with Crippen molar-refractivity contribution >= 4 is 0 Å². The molecule has 2 heterocycles. The van der Waals surface area contributed by atoms with Crippen molar-refractivity contribution < 1.29 is 0 Å². The van der Waals surface area contributed by atoms with Gasteiger partial charge in [0.2, 0.25) is 0 Å². The number of hydrogen-bond donors (Lipinski definition) is 0. The molecule has 2 saturated carbocycles. The molecule has 4 rings (SSSR count). The van der Waals surface area contributed by atoms with Gasteiger partial charge in [-0.25, -0.2) is 0 Å². The van der Waals surface area contributed by atoms with Crippen molar-refractivity contribution in [3.8, 4) is 0 Å². The molecule has 2 saturated heterocycles. The van der Waals surface area contributed by atoms with Crippen LogP contribution in [-0.4, -0.2) is 47.1 Å². The van der Waals surface area contributed by atoms with Gasteiger partial charge in [-0.15, -0.1) is 0 Å². The van der Waals surface area contributed by atoms with Crippen molar-refractivity contribution in [1.82, 2.24) is 9.80 Å². The summed E-state index contributed by atoms with van der Waals surface area (Å²) in [6.45, 7) is 18.9. The van der Waals surface area contributed by atoms with E-state index in [9.17, 15) is 0 Å². The van der Waals surface area contributed by atoms with E-state index in [-0.39, 0.29) is 0 Å². The van der Waals surface area contributed by atoms with E-state index >= 15 is 0 Å². The first-order chi connectivity index (χ1) is 10.6. The minimum absolute atomic E-state index is 0.308. The predicted octanol–water partition coefficient (Wildman–Crippen LogP) is 4.40. The summed E-state index contributed by atoms with van der Waals surface area (Å²) in [4.78, 5) is 5.77. The third-order valence-electron chi connectivity index (χ3n) is 7.53. The maximum absolute atomic E-state index is 2.91. The van der Waals surface area contributed by atoms with E-state index in [0.29, 0.717) is 16.4 Å². The molecular formula is C21H38N2. The predicted molar refractivity (Wildman–Crippen MR) is 97.6 cm³/mol. The number of rotatable bonds is 2. The number of hydrogen-bond acceptors (Lipinski definition) is 2. The van der Waals surface area contributed by atoms with Crippen LogP contribution in [0.1, 0.15) is 73.6 Å². The lowest BCUT2D eigenvalue weighted by Gasteiger charge is -2.45. The van der Waals surface area contributed by atoms with Crippen LogP contribution in [0.2, 0.25) is 0 Å². The highest BCUT2D eigenvalue weighted by molar-refractivity contribution is 5.21. The van der Waals surface area contributed by atoms with Gasteiger partial charge < -0.3 is 4.90 Å². The summed E-state index contributed by atoms with van der Waals surface area (Å²) in [5.41, 5.74) is 1.33. The van der Waals surface area contributed by atoms with E-state index in [4.69, 9.17) is 0 Å². The maximum Gasteiger partial charge on any atom is 0.0180 e. The fraction of sp³-hybridized carbons (Fsp3) is 1.00. The van der Waals surface area contributed by atoms with Crippen molar-refractivity contribution in [3.63, 3.8) is 0 Å². The van der Waals surface area contributed by atoms with Gasteiger partial charge in [-0.3, -0.25) is 4.90 Å². The molecule has 0 N–H and O–H groups in total. The van der Waals surface area contributed by atoms with Crippen molar-refractivity contribution in [1.29, 1.82) is 0 Å². The largest absolute Gasteiger partial charge is 0.302 e. The Balaban J connectivity index is 1.48. The van der Waals surface area contributed by atoms with E-state index in [0.717, 1.165) is 23.9 Å². The Bertz CT molecular complexity index is 459. The third-order valence-corrected chi connectivity index (χ3v) is 7.53. The highest BCUT2D eigenvalue weighted by atomic mass is 15.3.